The maximum atomic E-state index is 5.60. The average molecular weight is 214 g/mol. The molecule has 92 valence electrons. The van der Waals surface area contributed by atoms with E-state index < -0.39 is 0 Å². The van der Waals surface area contributed by atoms with Gasteiger partial charge in [-0.2, -0.15) is 0 Å². The van der Waals surface area contributed by atoms with E-state index in [-0.39, 0.29) is 0 Å². The predicted octanol–water partition coefficient (Wildman–Crippen LogP) is 3.33. The third kappa shape index (κ3) is 6.91. The van der Waals surface area contributed by atoms with Crippen LogP contribution < -0.4 is 11.3 Å². The van der Waals surface area contributed by atoms with Gasteiger partial charge in [0.05, 0.1) is 0 Å². The molecule has 0 saturated heterocycles. The normalized spacial score (nSPS) is 16.8. The Morgan fingerprint density at radius 2 is 1.60 bits per heavy atom. The van der Waals surface area contributed by atoms with Crippen LogP contribution >= 0.6 is 0 Å². The molecular formula is C13H30N2. The largest absolute Gasteiger partial charge is 0.271 e. The number of hydrogen-bond donors (Lipinski definition) is 2. The molecule has 0 amide bonds. The molecule has 0 heterocycles. The van der Waals surface area contributed by atoms with Crippen molar-refractivity contribution in [2.75, 3.05) is 0 Å². The van der Waals surface area contributed by atoms with Gasteiger partial charge in [0, 0.05) is 6.04 Å². The van der Waals surface area contributed by atoms with Crippen LogP contribution in [0.2, 0.25) is 0 Å². The Balaban J connectivity index is 3.99. The van der Waals surface area contributed by atoms with Crippen molar-refractivity contribution >= 4 is 0 Å². The Morgan fingerprint density at radius 1 is 1.07 bits per heavy atom. The Hall–Kier alpha value is -0.0800. The summed E-state index contributed by atoms with van der Waals surface area (Å²) in [6.45, 7) is 13.7. The molecule has 0 aromatic carbocycles. The van der Waals surface area contributed by atoms with Gasteiger partial charge in [-0.25, -0.2) is 0 Å². The number of hydrogen-bond acceptors (Lipinski definition) is 2. The lowest BCUT2D eigenvalue weighted by molar-refractivity contribution is 0.216. The summed E-state index contributed by atoms with van der Waals surface area (Å²) in [6.07, 6.45) is 3.62. The lowest BCUT2D eigenvalue weighted by Crippen LogP contribution is -2.38. The number of nitrogens with two attached hydrogens (primary N) is 1. The summed E-state index contributed by atoms with van der Waals surface area (Å²) in [6, 6.07) is 0.474. The number of rotatable bonds is 6. The SMILES string of the molecule is CC(C)CCC(CC(C)C(C)(C)C)NN. The summed E-state index contributed by atoms with van der Waals surface area (Å²) in [5, 5.41) is 0. The summed E-state index contributed by atoms with van der Waals surface area (Å²) >= 11 is 0. The van der Waals surface area contributed by atoms with Gasteiger partial charge in [0.1, 0.15) is 0 Å². The van der Waals surface area contributed by atoms with E-state index in [1.807, 2.05) is 0 Å². The molecule has 2 unspecified atom stereocenters. The monoisotopic (exact) mass is 214 g/mol. The molecular weight excluding hydrogens is 184 g/mol. The molecule has 0 radical (unpaired) electrons. The minimum atomic E-state index is 0.382. The maximum absolute atomic E-state index is 5.60. The van der Waals surface area contributed by atoms with Crippen molar-refractivity contribution < 1.29 is 0 Å². The fraction of sp³-hybridized carbons (Fsp3) is 1.00. The van der Waals surface area contributed by atoms with Crippen LogP contribution in [0.3, 0.4) is 0 Å². The molecule has 3 N–H and O–H groups in total. The van der Waals surface area contributed by atoms with Crippen LogP contribution in [0.5, 0.6) is 0 Å². The van der Waals surface area contributed by atoms with Crippen molar-refractivity contribution in [1.29, 1.82) is 0 Å². The molecule has 2 heteroatoms. The van der Waals surface area contributed by atoms with E-state index in [1.165, 1.54) is 19.3 Å². The van der Waals surface area contributed by atoms with E-state index in [0.29, 0.717) is 17.4 Å². The van der Waals surface area contributed by atoms with Crippen LogP contribution in [-0.4, -0.2) is 6.04 Å². The first-order chi connectivity index (χ1) is 6.77. The van der Waals surface area contributed by atoms with Crippen molar-refractivity contribution in [3.05, 3.63) is 0 Å². The highest BCUT2D eigenvalue weighted by Crippen LogP contribution is 2.29. The topological polar surface area (TPSA) is 38.0 Å². The molecule has 0 bridgehead atoms. The van der Waals surface area contributed by atoms with Gasteiger partial charge in [-0.1, -0.05) is 41.5 Å². The molecule has 15 heavy (non-hydrogen) atoms. The first kappa shape index (κ1) is 14.9. The van der Waals surface area contributed by atoms with E-state index in [4.69, 9.17) is 5.84 Å². The van der Waals surface area contributed by atoms with Crippen molar-refractivity contribution in [1.82, 2.24) is 5.43 Å². The molecule has 0 spiro atoms. The van der Waals surface area contributed by atoms with Crippen molar-refractivity contribution in [3.8, 4) is 0 Å². The van der Waals surface area contributed by atoms with E-state index in [1.54, 1.807) is 0 Å². The van der Waals surface area contributed by atoms with Gasteiger partial charge in [-0.05, 0) is 36.5 Å². The van der Waals surface area contributed by atoms with Gasteiger partial charge in [-0.3, -0.25) is 11.3 Å². The van der Waals surface area contributed by atoms with Gasteiger partial charge < -0.3 is 0 Å². The molecule has 2 nitrogen and oxygen atoms in total. The Labute approximate surface area is 96.0 Å². The van der Waals surface area contributed by atoms with Gasteiger partial charge in [0.2, 0.25) is 0 Å². The molecule has 0 aromatic heterocycles. The molecule has 0 fully saturated rings. The van der Waals surface area contributed by atoms with Crippen LogP contribution in [0.4, 0.5) is 0 Å². The van der Waals surface area contributed by atoms with E-state index >= 15 is 0 Å². The third-order valence-corrected chi connectivity index (χ3v) is 3.44. The van der Waals surface area contributed by atoms with Crippen molar-refractivity contribution in [2.45, 2.75) is 66.8 Å². The molecule has 0 aliphatic rings. The van der Waals surface area contributed by atoms with Crippen LogP contribution in [0.25, 0.3) is 0 Å². The molecule has 2 atom stereocenters. The van der Waals surface area contributed by atoms with Crippen molar-refractivity contribution in [2.24, 2.45) is 23.1 Å². The second-order valence-corrected chi connectivity index (χ2v) is 6.34. The van der Waals surface area contributed by atoms with Crippen LogP contribution in [0.1, 0.15) is 60.8 Å². The van der Waals surface area contributed by atoms with E-state index in [2.05, 4.69) is 47.0 Å². The molecule has 0 aromatic rings. The zero-order valence-corrected chi connectivity index (χ0v) is 11.4. The van der Waals surface area contributed by atoms with Crippen LogP contribution in [0, 0.1) is 17.3 Å². The predicted molar refractivity (Wildman–Crippen MR) is 68.4 cm³/mol. The first-order valence-corrected chi connectivity index (χ1v) is 6.23. The summed E-state index contributed by atoms with van der Waals surface area (Å²) in [5.41, 5.74) is 3.34. The fourth-order valence-corrected chi connectivity index (χ4v) is 1.58. The number of hydrazine groups is 1. The molecule has 0 rings (SSSR count). The van der Waals surface area contributed by atoms with Gasteiger partial charge >= 0.3 is 0 Å². The summed E-state index contributed by atoms with van der Waals surface area (Å²) in [5.74, 6) is 7.07. The molecule has 0 aliphatic carbocycles. The van der Waals surface area contributed by atoms with E-state index in [9.17, 15) is 0 Å². The van der Waals surface area contributed by atoms with Crippen LogP contribution in [0.15, 0.2) is 0 Å². The lowest BCUT2D eigenvalue weighted by atomic mass is 9.78. The standard InChI is InChI=1S/C13H30N2/c1-10(2)7-8-12(15-14)9-11(3)13(4,5)6/h10-12,15H,7-9,14H2,1-6H3. The third-order valence-electron chi connectivity index (χ3n) is 3.44. The van der Waals surface area contributed by atoms with Gasteiger partial charge in [0.15, 0.2) is 0 Å². The highest BCUT2D eigenvalue weighted by Gasteiger charge is 2.23. The summed E-state index contributed by atoms with van der Waals surface area (Å²) in [4.78, 5) is 0. The fourth-order valence-electron chi connectivity index (χ4n) is 1.58. The second kappa shape index (κ2) is 6.49. The highest BCUT2D eigenvalue weighted by molar-refractivity contribution is 4.76. The minimum Gasteiger partial charge on any atom is -0.271 e. The lowest BCUT2D eigenvalue weighted by Gasteiger charge is -2.30. The van der Waals surface area contributed by atoms with Gasteiger partial charge in [-0.15, -0.1) is 0 Å². The summed E-state index contributed by atoms with van der Waals surface area (Å²) < 4.78 is 0. The number of nitrogens with one attached hydrogen (secondary N) is 1. The molecule has 0 aliphatic heterocycles. The Morgan fingerprint density at radius 3 is 1.93 bits per heavy atom. The van der Waals surface area contributed by atoms with E-state index in [0.717, 1.165) is 5.92 Å². The second-order valence-electron chi connectivity index (χ2n) is 6.34. The molecule has 0 saturated carbocycles. The zero-order chi connectivity index (χ0) is 12.1. The maximum Gasteiger partial charge on any atom is 0.0213 e. The Kier molecular flexibility index (Phi) is 6.46. The minimum absolute atomic E-state index is 0.382. The first-order valence-electron chi connectivity index (χ1n) is 6.23. The van der Waals surface area contributed by atoms with Crippen LogP contribution in [-0.2, 0) is 0 Å². The summed E-state index contributed by atoms with van der Waals surface area (Å²) in [7, 11) is 0. The quantitative estimate of drug-likeness (QED) is 0.526. The van der Waals surface area contributed by atoms with Crippen molar-refractivity contribution in [3.63, 3.8) is 0 Å². The van der Waals surface area contributed by atoms with Gasteiger partial charge in [0.25, 0.3) is 0 Å². The Bertz CT molecular complexity index is 158. The highest BCUT2D eigenvalue weighted by atomic mass is 15.2. The smallest absolute Gasteiger partial charge is 0.0213 e. The zero-order valence-electron chi connectivity index (χ0n) is 11.4. The average Bonchev–Trinajstić information content (AvgIpc) is 2.09.